The largest absolute Gasteiger partial charge is 0.341 e. The number of carbonyl (C=O) groups is 1. The van der Waals surface area contributed by atoms with Crippen LogP contribution in [0.15, 0.2) is 16.9 Å². The van der Waals surface area contributed by atoms with Crippen LogP contribution in [0.2, 0.25) is 0 Å². The molecule has 1 aromatic rings. The number of amides is 1. The standard InChI is InChI=1S/C16H23N3O2/c1-17-13-5-4-6-14-12(13)7-8-15(20)19(14)11-16(21)18-9-2-3-10-18/h7-8,13,17H,2-6,9-11H2,1H3. The van der Waals surface area contributed by atoms with E-state index in [4.69, 9.17) is 0 Å². The lowest BCUT2D eigenvalue weighted by Crippen LogP contribution is -2.37. The molecular formula is C16H23N3O2. The number of fused-ring (bicyclic) bond motifs is 1. The first-order valence-electron chi connectivity index (χ1n) is 7.88. The first-order valence-corrected chi connectivity index (χ1v) is 7.88. The summed E-state index contributed by atoms with van der Waals surface area (Å²) in [6.45, 7) is 1.86. The van der Waals surface area contributed by atoms with E-state index in [9.17, 15) is 9.59 Å². The molecule has 1 atom stereocenters. The monoisotopic (exact) mass is 289 g/mol. The molecule has 5 nitrogen and oxygen atoms in total. The summed E-state index contributed by atoms with van der Waals surface area (Å²) in [6, 6.07) is 3.82. The first kappa shape index (κ1) is 14.3. The van der Waals surface area contributed by atoms with E-state index >= 15 is 0 Å². The summed E-state index contributed by atoms with van der Waals surface area (Å²) in [4.78, 5) is 26.4. The van der Waals surface area contributed by atoms with Crippen LogP contribution in [0, 0.1) is 0 Å². The van der Waals surface area contributed by atoms with Crippen molar-refractivity contribution in [2.45, 2.75) is 44.7 Å². The minimum Gasteiger partial charge on any atom is -0.341 e. The smallest absolute Gasteiger partial charge is 0.251 e. The van der Waals surface area contributed by atoms with Crippen molar-refractivity contribution in [3.05, 3.63) is 33.7 Å². The number of aromatic nitrogens is 1. The van der Waals surface area contributed by atoms with Crippen LogP contribution >= 0.6 is 0 Å². The fourth-order valence-electron chi connectivity index (χ4n) is 3.54. The van der Waals surface area contributed by atoms with Gasteiger partial charge < -0.3 is 14.8 Å². The molecule has 1 saturated heterocycles. The fraction of sp³-hybridized carbons (Fsp3) is 0.625. The first-order chi connectivity index (χ1) is 10.2. The second-order valence-corrected chi connectivity index (χ2v) is 5.98. The molecule has 1 unspecified atom stereocenters. The van der Waals surface area contributed by atoms with Gasteiger partial charge in [-0.25, -0.2) is 0 Å². The highest BCUT2D eigenvalue weighted by atomic mass is 16.2. The molecule has 1 fully saturated rings. The number of likely N-dealkylation sites (tertiary alicyclic amines) is 1. The Hall–Kier alpha value is -1.62. The summed E-state index contributed by atoms with van der Waals surface area (Å²) in [5.41, 5.74) is 2.16. The van der Waals surface area contributed by atoms with Gasteiger partial charge in [-0.3, -0.25) is 9.59 Å². The van der Waals surface area contributed by atoms with E-state index in [2.05, 4.69) is 5.32 Å². The maximum absolute atomic E-state index is 12.4. The zero-order valence-electron chi connectivity index (χ0n) is 12.6. The Morgan fingerprint density at radius 2 is 2.05 bits per heavy atom. The molecule has 0 spiro atoms. The van der Waals surface area contributed by atoms with Crippen molar-refractivity contribution in [1.82, 2.24) is 14.8 Å². The molecule has 0 saturated carbocycles. The van der Waals surface area contributed by atoms with Crippen LogP contribution in [0.3, 0.4) is 0 Å². The molecule has 3 rings (SSSR count). The maximum Gasteiger partial charge on any atom is 0.251 e. The third-order valence-electron chi connectivity index (χ3n) is 4.71. The van der Waals surface area contributed by atoms with Crippen LogP contribution < -0.4 is 10.9 Å². The molecule has 1 amide bonds. The summed E-state index contributed by atoms with van der Waals surface area (Å²) in [6.07, 6.45) is 5.18. The molecule has 114 valence electrons. The van der Waals surface area contributed by atoms with Gasteiger partial charge in [0.1, 0.15) is 6.54 Å². The predicted octanol–water partition coefficient (Wildman–Crippen LogP) is 1.07. The van der Waals surface area contributed by atoms with Crippen molar-refractivity contribution in [2.24, 2.45) is 0 Å². The van der Waals surface area contributed by atoms with Crippen molar-refractivity contribution in [3.63, 3.8) is 0 Å². The van der Waals surface area contributed by atoms with E-state index < -0.39 is 0 Å². The van der Waals surface area contributed by atoms with Gasteiger partial charge in [-0.1, -0.05) is 6.07 Å². The average Bonchev–Trinajstić information content (AvgIpc) is 3.03. The zero-order valence-corrected chi connectivity index (χ0v) is 12.6. The van der Waals surface area contributed by atoms with Crippen LogP contribution in [-0.4, -0.2) is 35.5 Å². The van der Waals surface area contributed by atoms with Crippen molar-refractivity contribution >= 4 is 5.91 Å². The number of nitrogens with one attached hydrogen (secondary N) is 1. The average molecular weight is 289 g/mol. The third-order valence-corrected chi connectivity index (χ3v) is 4.71. The highest BCUT2D eigenvalue weighted by Crippen LogP contribution is 2.28. The normalized spacial score (nSPS) is 21.4. The number of rotatable bonds is 3. The molecule has 1 aliphatic carbocycles. The number of carbonyl (C=O) groups excluding carboxylic acids is 1. The number of nitrogens with zero attached hydrogens (tertiary/aromatic N) is 2. The van der Waals surface area contributed by atoms with Crippen molar-refractivity contribution in [3.8, 4) is 0 Å². The molecule has 0 bridgehead atoms. The van der Waals surface area contributed by atoms with Crippen LogP contribution in [0.5, 0.6) is 0 Å². The van der Waals surface area contributed by atoms with Crippen LogP contribution in [0.4, 0.5) is 0 Å². The molecule has 21 heavy (non-hydrogen) atoms. The Bertz CT molecular complexity index is 588. The Morgan fingerprint density at radius 3 is 2.76 bits per heavy atom. The van der Waals surface area contributed by atoms with Gasteiger partial charge >= 0.3 is 0 Å². The summed E-state index contributed by atoms with van der Waals surface area (Å²) in [5.74, 6) is 0.0783. The van der Waals surface area contributed by atoms with Gasteiger partial charge in [0.25, 0.3) is 5.56 Å². The highest BCUT2D eigenvalue weighted by Gasteiger charge is 2.24. The number of hydrogen-bond donors (Lipinski definition) is 1. The van der Waals surface area contributed by atoms with E-state index in [-0.39, 0.29) is 18.0 Å². The summed E-state index contributed by atoms with van der Waals surface area (Å²) < 4.78 is 1.69. The van der Waals surface area contributed by atoms with Crippen LogP contribution in [0.25, 0.3) is 0 Å². The van der Waals surface area contributed by atoms with Gasteiger partial charge in [0.15, 0.2) is 0 Å². The predicted molar refractivity (Wildman–Crippen MR) is 81.3 cm³/mol. The second kappa shape index (κ2) is 6.02. The molecule has 1 aromatic heterocycles. The molecule has 0 radical (unpaired) electrons. The van der Waals surface area contributed by atoms with Gasteiger partial charge in [0, 0.05) is 30.9 Å². The molecule has 0 aromatic carbocycles. The van der Waals surface area contributed by atoms with Gasteiger partial charge in [0.2, 0.25) is 5.91 Å². The van der Waals surface area contributed by atoms with E-state index in [1.807, 2.05) is 18.0 Å². The Balaban J connectivity index is 1.90. The van der Waals surface area contributed by atoms with E-state index in [1.165, 1.54) is 5.56 Å². The second-order valence-electron chi connectivity index (χ2n) is 5.98. The van der Waals surface area contributed by atoms with Gasteiger partial charge in [-0.15, -0.1) is 0 Å². The van der Waals surface area contributed by atoms with Crippen LogP contribution in [0.1, 0.15) is 43.0 Å². The molecule has 5 heteroatoms. The van der Waals surface area contributed by atoms with Gasteiger partial charge in [0.05, 0.1) is 0 Å². The minimum atomic E-state index is -0.0574. The lowest BCUT2D eigenvalue weighted by molar-refractivity contribution is -0.130. The maximum atomic E-state index is 12.4. The zero-order chi connectivity index (χ0) is 14.8. The fourth-order valence-corrected chi connectivity index (χ4v) is 3.54. The number of hydrogen-bond acceptors (Lipinski definition) is 3. The van der Waals surface area contributed by atoms with E-state index in [0.717, 1.165) is 50.9 Å². The topological polar surface area (TPSA) is 54.3 Å². The molecule has 2 aliphatic rings. The van der Waals surface area contributed by atoms with Gasteiger partial charge in [-0.2, -0.15) is 0 Å². The van der Waals surface area contributed by atoms with Crippen molar-refractivity contribution < 1.29 is 4.79 Å². The lowest BCUT2D eigenvalue weighted by atomic mass is 9.91. The SMILES string of the molecule is CNC1CCCc2c1ccc(=O)n2CC(=O)N1CCCC1. The summed E-state index contributed by atoms with van der Waals surface area (Å²) in [5, 5.41) is 3.30. The quantitative estimate of drug-likeness (QED) is 0.905. The Kier molecular flexibility index (Phi) is 4.10. The molecule has 2 heterocycles. The molecular weight excluding hydrogens is 266 g/mol. The van der Waals surface area contributed by atoms with Crippen molar-refractivity contribution in [1.29, 1.82) is 0 Å². The third kappa shape index (κ3) is 2.75. The van der Waals surface area contributed by atoms with Gasteiger partial charge in [-0.05, 0) is 44.7 Å². The van der Waals surface area contributed by atoms with Crippen LogP contribution in [-0.2, 0) is 17.8 Å². The lowest BCUT2D eigenvalue weighted by Gasteiger charge is -2.28. The van der Waals surface area contributed by atoms with E-state index in [1.54, 1.807) is 10.6 Å². The minimum absolute atomic E-state index is 0.0574. The van der Waals surface area contributed by atoms with Crippen molar-refractivity contribution in [2.75, 3.05) is 20.1 Å². The number of pyridine rings is 1. The van der Waals surface area contributed by atoms with E-state index in [0.29, 0.717) is 6.04 Å². The highest BCUT2D eigenvalue weighted by molar-refractivity contribution is 5.76. The molecule has 1 N–H and O–H groups in total. The molecule has 1 aliphatic heterocycles. The Morgan fingerprint density at radius 1 is 1.29 bits per heavy atom. The Labute approximate surface area is 124 Å². The summed E-state index contributed by atoms with van der Waals surface area (Å²) >= 11 is 0. The summed E-state index contributed by atoms with van der Waals surface area (Å²) in [7, 11) is 1.95.